The van der Waals surface area contributed by atoms with Gasteiger partial charge >= 0.3 is 5.88 Å². The summed E-state index contributed by atoms with van der Waals surface area (Å²) in [6, 6.07) is 19.2. The molecule has 2 aromatic carbocycles. The Morgan fingerprint density at radius 3 is 2.57 bits per heavy atom. The Morgan fingerprint density at radius 2 is 1.92 bits per heavy atom. The number of aromatic nitrogens is 3. The van der Waals surface area contributed by atoms with Gasteiger partial charge in [-0.2, -0.15) is 10.3 Å². The van der Waals surface area contributed by atoms with Crippen LogP contribution in [0, 0.1) is 11.3 Å². The second kappa shape index (κ2) is 11.5. The van der Waals surface area contributed by atoms with Crippen LogP contribution in [0.3, 0.4) is 0 Å². The van der Waals surface area contributed by atoms with Crippen molar-refractivity contribution in [2.75, 3.05) is 44.4 Å². The minimum atomic E-state index is -0.330. The van der Waals surface area contributed by atoms with Gasteiger partial charge in [0.1, 0.15) is 11.1 Å². The lowest BCUT2D eigenvalue weighted by Gasteiger charge is -2.16. The molecule has 11 heteroatoms. The number of benzene rings is 2. The van der Waals surface area contributed by atoms with Crippen molar-refractivity contribution >= 4 is 23.6 Å². The monoisotopic (exact) mass is 517 g/mol. The van der Waals surface area contributed by atoms with Crippen molar-refractivity contribution < 1.29 is 23.6 Å². The lowest BCUT2D eigenvalue weighted by atomic mass is 9.98. The van der Waals surface area contributed by atoms with Crippen molar-refractivity contribution in [1.29, 1.82) is 5.26 Å². The molecule has 0 bridgehead atoms. The summed E-state index contributed by atoms with van der Waals surface area (Å²) in [5, 5.41) is 18.7. The summed E-state index contributed by atoms with van der Waals surface area (Å²) in [6.07, 6.45) is 1.55. The van der Waals surface area contributed by atoms with Gasteiger partial charge in [-0.1, -0.05) is 54.2 Å². The van der Waals surface area contributed by atoms with Crippen LogP contribution in [0.25, 0.3) is 22.4 Å². The molecule has 0 aliphatic heterocycles. The molecule has 0 radical (unpaired) electrons. The average molecular weight is 518 g/mol. The van der Waals surface area contributed by atoms with Gasteiger partial charge in [-0.15, -0.1) is 0 Å². The number of nitriles is 1. The predicted octanol–water partition coefficient (Wildman–Crippen LogP) is 3.51. The average Bonchev–Trinajstić information content (AvgIpc) is 3.40. The first-order valence-corrected chi connectivity index (χ1v) is 12.1. The maximum atomic E-state index is 12.7. The van der Waals surface area contributed by atoms with Gasteiger partial charge in [0.25, 0.3) is 6.20 Å². The van der Waals surface area contributed by atoms with Gasteiger partial charge in [-0.25, -0.2) is 4.98 Å². The Labute approximate surface area is 218 Å². The third kappa shape index (κ3) is 5.65. The second-order valence-corrected chi connectivity index (χ2v) is 8.89. The highest BCUT2D eigenvalue weighted by molar-refractivity contribution is 8.00. The van der Waals surface area contributed by atoms with E-state index in [1.54, 1.807) is 45.6 Å². The normalized spacial score (nSPS) is 10.5. The van der Waals surface area contributed by atoms with Crippen LogP contribution in [-0.2, 0) is 4.79 Å². The second-order valence-electron chi connectivity index (χ2n) is 7.92. The fourth-order valence-electron chi connectivity index (χ4n) is 3.59. The molecule has 0 aliphatic rings. The summed E-state index contributed by atoms with van der Waals surface area (Å²) < 4.78 is 16.2. The molecule has 4 rings (SSSR count). The zero-order valence-corrected chi connectivity index (χ0v) is 21.6. The number of rotatable bonds is 9. The van der Waals surface area contributed by atoms with Crippen LogP contribution in [0.15, 0.2) is 70.3 Å². The number of nitrogens with zero attached hydrogens (tertiary/aromatic N) is 5. The summed E-state index contributed by atoms with van der Waals surface area (Å²) in [6.45, 7) is 0. The standard InChI is InChI=1S/C26H24N6O4S/c1-31(2)32-15-24(36-30-32)29-23(33)16-37-26-20(14-27)19(13-21(28-26)17-9-6-5-7-10-17)18-11-8-12-22(34-3)25(18)35-4/h5-13,15H,16H2,1-4H3/p+1. The molecule has 37 heavy (non-hydrogen) atoms. The summed E-state index contributed by atoms with van der Waals surface area (Å²) in [5.74, 6) is 0.908. The maximum absolute atomic E-state index is 12.7. The van der Waals surface area contributed by atoms with E-state index in [0.29, 0.717) is 38.9 Å². The molecule has 188 valence electrons. The third-order valence-corrected chi connectivity index (χ3v) is 6.30. The molecular weight excluding hydrogens is 492 g/mol. The highest BCUT2D eigenvalue weighted by atomic mass is 32.2. The van der Waals surface area contributed by atoms with Crippen molar-refractivity contribution in [2.45, 2.75) is 5.03 Å². The van der Waals surface area contributed by atoms with Gasteiger partial charge in [-0.05, 0) is 12.1 Å². The minimum Gasteiger partial charge on any atom is -0.493 e. The van der Waals surface area contributed by atoms with Gasteiger partial charge in [-0.3, -0.25) is 14.6 Å². The van der Waals surface area contributed by atoms with Crippen LogP contribution in [-0.4, -0.2) is 50.2 Å². The molecule has 4 aromatic rings. The van der Waals surface area contributed by atoms with E-state index in [2.05, 4.69) is 16.7 Å². The molecule has 2 aromatic heterocycles. The molecular formula is C26H25N6O4S+. The Morgan fingerprint density at radius 1 is 1.14 bits per heavy atom. The highest BCUT2D eigenvalue weighted by Gasteiger charge is 2.22. The van der Waals surface area contributed by atoms with Crippen molar-refractivity contribution in [3.05, 3.63) is 66.4 Å². The molecule has 10 nitrogen and oxygen atoms in total. The Bertz CT molecular complexity index is 1450. The maximum Gasteiger partial charge on any atom is 0.305 e. The Balaban J connectivity index is 1.72. The number of ether oxygens (including phenoxy) is 2. The number of amides is 1. The number of pyridine rings is 1. The van der Waals surface area contributed by atoms with Crippen LogP contribution < -0.4 is 24.6 Å². The topological polar surface area (TPSA) is 117 Å². The van der Waals surface area contributed by atoms with E-state index in [0.717, 1.165) is 17.3 Å². The number of thioether (sulfide) groups is 1. The molecule has 1 amide bonds. The van der Waals surface area contributed by atoms with Gasteiger partial charge in [0.05, 0.1) is 50.1 Å². The molecule has 0 fully saturated rings. The van der Waals surface area contributed by atoms with Crippen molar-refractivity contribution in [3.8, 4) is 40.0 Å². The predicted molar refractivity (Wildman–Crippen MR) is 139 cm³/mol. The summed E-state index contributed by atoms with van der Waals surface area (Å²) in [5.41, 5.74) is 3.16. The summed E-state index contributed by atoms with van der Waals surface area (Å²) in [4.78, 5) is 18.9. The molecule has 0 saturated heterocycles. The summed E-state index contributed by atoms with van der Waals surface area (Å²) in [7, 11) is 6.68. The fraction of sp³-hybridized carbons (Fsp3) is 0.192. The lowest BCUT2D eigenvalue weighted by molar-refractivity contribution is -0.753. The number of carbonyl (C=O) groups is 1. The smallest absolute Gasteiger partial charge is 0.305 e. The van der Waals surface area contributed by atoms with E-state index in [1.807, 2.05) is 48.5 Å². The van der Waals surface area contributed by atoms with E-state index < -0.39 is 0 Å². The zero-order valence-electron chi connectivity index (χ0n) is 20.8. The molecule has 0 atom stereocenters. The van der Waals surface area contributed by atoms with Gasteiger partial charge in [0.2, 0.25) is 11.2 Å². The minimum absolute atomic E-state index is 0.00271. The van der Waals surface area contributed by atoms with Crippen molar-refractivity contribution in [1.82, 2.24) is 10.3 Å². The van der Waals surface area contributed by atoms with Crippen LogP contribution in [0.4, 0.5) is 5.88 Å². The molecule has 1 N–H and O–H groups in total. The van der Waals surface area contributed by atoms with Crippen LogP contribution in [0.1, 0.15) is 5.56 Å². The van der Waals surface area contributed by atoms with E-state index in [-0.39, 0.29) is 17.5 Å². The van der Waals surface area contributed by atoms with Gasteiger partial charge in [0, 0.05) is 16.7 Å². The Kier molecular flexibility index (Phi) is 7.90. The fourth-order valence-corrected chi connectivity index (χ4v) is 4.39. The van der Waals surface area contributed by atoms with Gasteiger partial charge in [0.15, 0.2) is 11.5 Å². The largest absolute Gasteiger partial charge is 0.493 e. The SMILES string of the molecule is COc1cccc(-c2cc(-c3ccccc3)nc(SCC(=O)Nc3c[n+](N(C)C)no3)c2C#N)c1OC. The lowest BCUT2D eigenvalue weighted by Crippen LogP contribution is -2.53. The van der Waals surface area contributed by atoms with Crippen LogP contribution in [0.5, 0.6) is 11.5 Å². The van der Waals surface area contributed by atoms with E-state index in [9.17, 15) is 10.1 Å². The van der Waals surface area contributed by atoms with E-state index >= 15 is 0 Å². The number of anilines is 1. The van der Waals surface area contributed by atoms with Crippen LogP contribution >= 0.6 is 11.8 Å². The molecule has 0 spiro atoms. The first-order valence-electron chi connectivity index (χ1n) is 11.2. The number of hydrogen-bond donors (Lipinski definition) is 1. The number of methoxy groups -OCH3 is 2. The number of para-hydroxylation sites is 1. The summed E-state index contributed by atoms with van der Waals surface area (Å²) >= 11 is 1.16. The quantitative estimate of drug-likeness (QED) is 0.263. The number of carbonyl (C=O) groups excluding carboxylic acids is 1. The van der Waals surface area contributed by atoms with E-state index in [4.69, 9.17) is 19.0 Å². The molecule has 0 saturated carbocycles. The highest BCUT2D eigenvalue weighted by Crippen LogP contribution is 2.42. The molecule has 0 unspecified atom stereocenters. The van der Waals surface area contributed by atoms with Crippen molar-refractivity contribution in [3.63, 3.8) is 0 Å². The van der Waals surface area contributed by atoms with Crippen LogP contribution in [0.2, 0.25) is 0 Å². The van der Waals surface area contributed by atoms with E-state index in [1.165, 1.54) is 4.79 Å². The third-order valence-electron chi connectivity index (χ3n) is 5.33. The number of hydrogen-bond acceptors (Lipinski definition) is 9. The molecule has 0 aliphatic carbocycles. The van der Waals surface area contributed by atoms with Gasteiger partial charge < -0.3 is 9.47 Å². The molecule has 2 heterocycles. The Hall–Kier alpha value is -4.56. The first-order chi connectivity index (χ1) is 17.9. The first kappa shape index (κ1) is 25.5. The number of nitrogens with one attached hydrogen (secondary N) is 1. The van der Waals surface area contributed by atoms with Crippen molar-refractivity contribution in [2.24, 2.45) is 0 Å². The zero-order chi connectivity index (χ0) is 26.4.